The van der Waals surface area contributed by atoms with E-state index in [2.05, 4.69) is 5.32 Å². The summed E-state index contributed by atoms with van der Waals surface area (Å²) in [5, 5.41) is 3.21. The first-order chi connectivity index (χ1) is 7.53. The maximum Gasteiger partial charge on any atom is 0.151 e. The molecule has 0 amide bonds. The molecule has 1 fully saturated rings. The zero-order valence-corrected chi connectivity index (χ0v) is 11.1. The second kappa shape index (κ2) is 6.57. The first kappa shape index (κ1) is 13.9. The third-order valence-electron chi connectivity index (χ3n) is 2.85. The highest BCUT2D eigenvalue weighted by Crippen LogP contribution is 2.30. The molecular weight excluding hydrogens is 226 g/mol. The van der Waals surface area contributed by atoms with Gasteiger partial charge in [-0.05, 0) is 32.1 Å². The van der Waals surface area contributed by atoms with Crippen molar-refractivity contribution in [1.29, 1.82) is 0 Å². The van der Waals surface area contributed by atoms with Gasteiger partial charge in [0.1, 0.15) is 0 Å². The van der Waals surface area contributed by atoms with Gasteiger partial charge in [0.2, 0.25) is 0 Å². The summed E-state index contributed by atoms with van der Waals surface area (Å²) in [7, 11) is -1.15. The van der Waals surface area contributed by atoms with Gasteiger partial charge in [-0.1, -0.05) is 0 Å². The molecule has 96 valence electrons. The van der Waals surface area contributed by atoms with E-state index >= 15 is 0 Å². The molecule has 0 heterocycles. The van der Waals surface area contributed by atoms with Crippen molar-refractivity contribution in [3.05, 3.63) is 0 Å². The molecule has 1 N–H and O–H groups in total. The van der Waals surface area contributed by atoms with Crippen molar-refractivity contribution in [3.8, 4) is 0 Å². The smallest absolute Gasteiger partial charge is 0.151 e. The van der Waals surface area contributed by atoms with E-state index in [1.54, 1.807) is 7.11 Å². The Bertz CT molecular complexity index is 286. The molecule has 0 aromatic heterocycles. The molecule has 1 aliphatic carbocycles. The highest BCUT2D eigenvalue weighted by molar-refractivity contribution is 7.91. The molecule has 0 radical (unpaired) electrons. The van der Waals surface area contributed by atoms with Gasteiger partial charge in [0.25, 0.3) is 0 Å². The molecule has 1 atom stereocenters. The van der Waals surface area contributed by atoms with E-state index < -0.39 is 9.84 Å². The molecule has 0 aromatic rings. The molecule has 4 nitrogen and oxygen atoms in total. The highest BCUT2D eigenvalue weighted by Gasteiger charge is 2.27. The predicted molar refractivity (Wildman–Crippen MR) is 65.3 cm³/mol. The van der Waals surface area contributed by atoms with E-state index in [1.165, 1.54) is 0 Å². The van der Waals surface area contributed by atoms with Crippen LogP contribution in [-0.4, -0.2) is 46.2 Å². The van der Waals surface area contributed by atoms with Crippen LogP contribution in [0.2, 0.25) is 0 Å². The van der Waals surface area contributed by atoms with E-state index in [0.717, 1.165) is 19.3 Å². The Balaban J connectivity index is 2.08. The number of hydrogen-bond acceptors (Lipinski definition) is 4. The van der Waals surface area contributed by atoms with Crippen LogP contribution in [0.25, 0.3) is 0 Å². The van der Waals surface area contributed by atoms with E-state index in [4.69, 9.17) is 4.74 Å². The van der Waals surface area contributed by atoms with E-state index in [0.29, 0.717) is 30.9 Å². The minimum atomic E-state index is -2.83. The normalized spacial score (nSPS) is 18.6. The van der Waals surface area contributed by atoms with Gasteiger partial charge in [0.05, 0.1) is 11.5 Å². The first-order valence-corrected chi connectivity index (χ1v) is 7.78. The summed E-state index contributed by atoms with van der Waals surface area (Å²) in [5.74, 6) is 1.11. The predicted octanol–water partition coefficient (Wildman–Crippen LogP) is 0.826. The fraction of sp³-hybridized carbons (Fsp3) is 1.00. The Morgan fingerprint density at radius 2 is 2.12 bits per heavy atom. The summed E-state index contributed by atoms with van der Waals surface area (Å²) in [5.41, 5.74) is 0. The standard InChI is InChI=1S/C11H23NO3S/c1-10(5-7-15-2)12-6-8-16(13,14)9-11-3-4-11/h10-12H,3-9H2,1-2H3. The SMILES string of the molecule is COCCC(C)NCCS(=O)(=O)CC1CC1. The molecule has 0 bridgehead atoms. The molecule has 1 aliphatic rings. The number of rotatable bonds is 9. The quantitative estimate of drug-likeness (QED) is 0.657. The van der Waals surface area contributed by atoms with Crippen LogP contribution >= 0.6 is 0 Å². The molecule has 5 heteroatoms. The Morgan fingerprint density at radius 1 is 1.44 bits per heavy atom. The van der Waals surface area contributed by atoms with Gasteiger partial charge in [-0.2, -0.15) is 0 Å². The van der Waals surface area contributed by atoms with Crippen LogP contribution in [0.15, 0.2) is 0 Å². The van der Waals surface area contributed by atoms with Crippen molar-refractivity contribution in [3.63, 3.8) is 0 Å². The summed E-state index contributed by atoms with van der Waals surface area (Å²) < 4.78 is 28.2. The minimum Gasteiger partial charge on any atom is -0.385 e. The van der Waals surface area contributed by atoms with Gasteiger partial charge in [0, 0.05) is 26.3 Å². The van der Waals surface area contributed by atoms with Crippen LogP contribution in [0.4, 0.5) is 0 Å². The van der Waals surface area contributed by atoms with Crippen molar-refractivity contribution in [1.82, 2.24) is 5.32 Å². The number of sulfone groups is 1. The molecule has 1 saturated carbocycles. The lowest BCUT2D eigenvalue weighted by Crippen LogP contribution is -2.32. The van der Waals surface area contributed by atoms with E-state index in [9.17, 15) is 8.42 Å². The van der Waals surface area contributed by atoms with Gasteiger partial charge in [-0.25, -0.2) is 8.42 Å². The van der Waals surface area contributed by atoms with Crippen molar-refractivity contribution in [2.24, 2.45) is 5.92 Å². The van der Waals surface area contributed by atoms with E-state index in [1.807, 2.05) is 6.92 Å². The average Bonchev–Trinajstić information content (AvgIpc) is 2.97. The lowest BCUT2D eigenvalue weighted by atomic mass is 10.2. The summed E-state index contributed by atoms with van der Waals surface area (Å²) in [4.78, 5) is 0. The van der Waals surface area contributed by atoms with Crippen LogP contribution in [0, 0.1) is 5.92 Å². The zero-order valence-electron chi connectivity index (χ0n) is 10.2. The lowest BCUT2D eigenvalue weighted by molar-refractivity contribution is 0.185. The fourth-order valence-electron chi connectivity index (χ4n) is 1.58. The lowest BCUT2D eigenvalue weighted by Gasteiger charge is -2.13. The van der Waals surface area contributed by atoms with Crippen LogP contribution < -0.4 is 5.32 Å². The van der Waals surface area contributed by atoms with Gasteiger partial charge in [-0.15, -0.1) is 0 Å². The molecule has 0 saturated heterocycles. The third kappa shape index (κ3) is 6.45. The summed E-state index contributed by atoms with van der Waals surface area (Å²) in [6.07, 6.45) is 3.10. The molecule has 0 aliphatic heterocycles. The summed E-state index contributed by atoms with van der Waals surface area (Å²) >= 11 is 0. The zero-order chi connectivity index (χ0) is 12.0. The number of nitrogens with one attached hydrogen (secondary N) is 1. The Morgan fingerprint density at radius 3 is 2.69 bits per heavy atom. The molecular formula is C11H23NO3S. The van der Waals surface area contributed by atoms with Crippen molar-refractivity contribution >= 4 is 9.84 Å². The van der Waals surface area contributed by atoms with Crippen molar-refractivity contribution < 1.29 is 13.2 Å². The second-order valence-corrected chi connectivity index (χ2v) is 6.92. The van der Waals surface area contributed by atoms with Gasteiger partial charge < -0.3 is 10.1 Å². The Hall–Kier alpha value is -0.130. The molecule has 1 unspecified atom stereocenters. The molecule has 1 rings (SSSR count). The third-order valence-corrected chi connectivity index (χ3v) is 4.65. The average molecular weight is 249 g/mol. The Labute approximate surface area is 98.7 Å². The molecule has 16 heavy (non-hydrogen) atoms. The van der Waals surface area contributed by atoms with Crippen LogP contribution in [-0.2, 0) is 14.6 Å². The number of hydrogen-bond donors (Lipinski definition) is 1. The maximum absolute atomic E-state index is 11.6. The van der Waals surface area contributed by atoms with Gasteiger partial charge in [-0.3, -0.25) is 0 Å². The molecule has 0 aromatic carbocycles. The topological polar surface area (TPSA) is 55.4 Å². The molecule has 0 spiro atoms. The van der Waals surface area contributed by atoms with Crippen LogP contribution in [0.1, 0.15) is 26.2 Å². The highest BCUT2D eigenvalue weighted by atomic mass is 32.2. The summed E-state index contributed by atoms with van der Waals surface area (Å²) in [6.45, 7) is 3.31. The van der Waals surface area contributed by atoms with Gasteiger partial charge in [0.15, 0.2) is 9.84 Å². The van der Waals surface area contributed by atoms with E-state index in [-0.39, 0.29) is 5.75 Å². The largest absolute Gasteiger partial charge is 0.385 e. The maximum atomic E-state index is 11.6. The van der Waals surface area contributed by atoms with Crippen molar-refractivity contribution in [2.45, 2.75) is 32.2 Å². The van der Waals surface area contributed by atoms with Crippen LogP contribution in [0.3, 0.4) is 0 Å². The summed E-state index contributed by atoms with van der Waals surface area (Å²) in [6, 6.07) is 0.316. The first-order valence-electron chi connectivity index (χ1n) is 5.96. The van der Waals surface area contributed by atoms with Crippen molar-refractivity contribution in [2.75, 3.05) is 31.8 Å². The van der Waals surface area contributed by atoms with Crippen LogP contribution in [0.5, 0.6) is 0 Å². The number of methoxy groups -OCH3 is 1. The minimum absolute atomic E-state index is 0.265. The monoisotopic (exact) mass is 249 g/mol. The van der Waals surface area contributed by atoms with Gasteiger partial charge >= 0.3 is 0 Å². The Kier molecular flexibility index (Phi) is 5.72. The fourth-order valence-corrected chi connectivity index (χ4v) is 3.23. The second-order valence-electron chi connectivity index (χ2n) is 4.69. The number of ether oxygens (including phenoxy) is 1.